The average Bonchev–Trinajstić information content (AvgIpc) is 2.89. The first-order valence-corrected chi connectivity index (χ1v) is 12.8. The van der Waals surface area contributed by atoms with Crippen molar-refractivity contribution in [2.45, 2.75) is 59.5 Å². The zero-order valence-electron chi connectivity index (χ0n) is 23.8. The smallest absolute Gasteiger partial charge is 0.333 e. The summed E-state index contributed by atoms with van der Waals surface area (Å²) in [5, 5.41) is 0. The molecular formula is C31H40O8. The number of rotatable bonds is 16. The number of ether oxygens (including phenoxy) is 6. The van der Waals surface area contributed by atoms with Crippen LogP contribution in [0.5, 0.6) is 11.5 Å². The summed E-state index contributed by atoms with van der Waals surface area (Å²) < 4.78 is 32.8. The molecule has 212 valence electrons. The van der Waals surface area contributed by atoms with Crippen LogP contribution in [-0.2, 0) is 34.0 Å². The summed E-state index contributed by atoms with van der Waals surface area (Å²) in [5.41, 5.74) is 2.67. The minimum Gasteiger partial charge on any atom is -0.465 e. The SMILES string of the molecule is C=C(C)C(=O)OCCOC(C)Oc1ccc(C(C)(C)c2ccc(OC(C)OCCOC(=O)C(=C)C)cc2)cc1. The molecule has 0 fully saturated rings. The first-order valence-electron chi connectivity index (χ1n) is 12.8. The topological polar surface area (TPSA) is 89.5 Å². The van der Waals surface area contributed by atoms with Crippen molar-refractivity contribution in [2.75, 3.05) is 26.4 Å². The fourth-order valence-corrected chi connectivity index (χ4v) is 3.46. The van der Waals surface area contributed by atoms with Gasteiger partial charge in [-0.25, -0.2) is 9.59 Å². The Morgan fingerprint density at radius 2 is 1.00 bits per heavy atom. The van der Waals surface area contributed by atoms with Crippen LogP contribution in [0.25, 0.3) is 0 Å². The number of esters is 2. The monoisotopic (exact) mass is 540 g/mol. The number of carbonyl (C=O) groups excluding carboxylic acids is 2. The Kier molecular flexibility index (Phi) is 12.2. The first kappa shape index (κ1) is 31.6. The summed E-state index contributed by atoms with van der Waals surface area (Å²) in [5.74, 6) is 0.472. The zero-order chi connectivity index (χ0) is 29.0. The second-order valence-electron chi connectivity index (χ2n) is 9.62. The van der Waals surface area contributed by atoms with Gasteiger partial charge in [0.2, 0.25) is 0 Å². The van der Waals surface area contributed by atoms with Gasteiger partial charge in [0.1, 0.15) is 24.7 Å². The highest BCUT2D eigenvalue weighted by molar-refractivity contribution is 5.87. The molecule has 0 bridgehead atoms. The Labute approximate surface area is 231 Å². The van der Waals surface area contributed by atoms with Crippen LogP contribution in [-0.4, -0.2) is 50.9 Å². The van der Waals surface area contributed by atoms with E-state index in [1.165, 1.54) is 0 Å². The van der Waals surface area contributed by atoms with Gasteiger partial charge in [0.05, 0.1) is 13.2 Å². The second kappa shape index (κ2) is 15.1. The van der Waals surface area contributed by atoms with Gasteiger partial charge in [-0.3, -0.25) is 0 Å². The molecule has 0 amide bonds. The summed E-state index contributed by atoms with van der Waals surface area (Å²) >= 11 is 0. The van der Waals surface area contributed by atoms with E-state index < -0.39 is 24.5 Å². The molecule has 0 aromatic heterocycles. The van der Waals surface area contributed by atoms with E-state index in [0.29, 0.717) is 22.6 Å². The Hall–Kier alpha value is -3.62. The lowest BCUT2D eigenvalue weighted by molar-refractivity contribution is -0.144. The lowest BCUT2D eigenvalue weighted by Gasteiger charge is -2.27. The van der Waals surface area contributed by atoms with Crippen LogP contribution in [0.15, 0.2) is 72.8 Å². The lowest BCUT2D eigenvalue weighted by Crippen LogP contribution is -2.21. The van der Waals surface area contributed by atoms with Crippen LogP contribution in [0, 0.1) is 0 Å². The second-order valence-corrected chi connectivity index (χ2v) is 9.62. The van der Waals surface area contributed by atoms with E-state index in [4.69, 9.17) is 28.4 Å². The molecule has 0 saturated heterocycles. The van der Waals surface area contributed by atoms with Gasteiger partial charge in [0, 0.05) is 16.6 Å². The van der Waals surface area contributed by atoms with Crippen molar-refractivity contribution in [3.63, 3.8) is 0 Å². The summed E-state index contributed by atoms with van der Waals surface area (Å²) in [7, 11) is 0. The number of benzene rings is 2. The summed E-state index contributed by atoms with van der Waals surface area (Å²) in [4.78, 5) is 22.8. The summed E-state index contributed by atoms with van der Waals surface area (Å²) in [6, 6.07) is 15.7. The van der Waals surface area contributed by atoms with E-state index in [2.05, 4.69) is 27.0 Å². The van der Waals surface area contributed by atoms with Gasteiger partial charge in [-0.2, -0.15) is 0 Å². The number of carbonyl (C=O) groups is 2. The van der Waals surface area contributed by atoms with Gasteiger partial charge < -0.3 is 28.4 Å². The molecule has 0 aliphatic heterocycles. The van der Waals surface area contributed by atoms with Crippen molar-refractivity contribution in [1.82, 2.24) is 0 Å². The third-order valence-electron chi connectivity index (χ3n) is 5.79. The van der Waals surface area contributed by atoms with Crippen LogP contribution >= 0.6 is 0 Å². The fourth-order valence-electron chi connectivity index (χ4n) is 3.46. The van der Waals surface area contributed by atoms with Gasteiger partial charge in [-0.15, -0.1) is 0 Å². The van der Waals surface area contributed by atoms with Gasteiger partial charge in [0.15, 0.2) is 12.6 Å². The third kappa shape index (κ3) is 10.6. The van der Waals surface area contributed by atoms with Crippen LogP contribution in [0.1, 0.15) is 52.7 Å². The lowest BCUT2D eigenvalue weighted by atomic mass is 9.78. The van der Waals surface area contributed by atoms with E-state index >= 15 is 0 Å². The van der Waals surface area contributed by atoms with Crippen molar-refractivity contribution < 1.29 is 38.0 Å². The van der Waals surface area contributed by atoms with Crippen molar-refractivity contribution >= 4 is 11.9 Å². The Morgan fingerprint density at radius 3 is 1.31 bits per heavy atom. The van der Waals surface area contributed by atoms with Crippen molar-refractivity contribution in [3.05, 3.63) is 84.0 Å². The fraction of sp³-hybridized carbons (Fsp3) is 0.419. The van der Waals surface area contributed by atoms with Crippen LogP contribution in [0.4, 0.5) is 0 Å². The molecule has 0 spiro atoms. The molecule has 0 N–H and O–H groups in total. The molecule has 0 aliphatic carbocycles. The Bertz CT molecular complexity index is 1010. The van der Waals surface area contributed by atoms with Gasteiger partial charge >= 0.3 is 11.9 Å². The maximum atomic E-state index is 11.4. The molecule has 39 heavy (non-hydrogen) atoms. The van der Waals surface area contributed by atoms with E-state index in [1.807, 2.05) is 48.5 Å². The highest BCUT2D eigenvalue weighted by atomic mass is 16.7. The molecule has 0 heterocycles. The first-order chi connectivity index (χ1) is 18.4. The van der Waals surface area contributed by atoms with Crippen LogP contribution in [0.3, 0.4) is 0 Å². The van der Waals surface area contributed by atoms with E-state index in [0.717, 1.165) is 11.1 Å². The van der Waals surface area contributed by atoms with Crippen molar-refractivity contribution in [3.8, 4) is 11.5 Å². The van der Waals surface area contributed by atoms with E-state index in [-0.39, 0.29) is 31.8 Å². The average molecular weight is 541 g/mol. The van der Waals surface area contributed by atoms with Crippen LogP contribution < -0.4 is 9.47 Å². The molecule has 2 rings (SSSR count). The maximum Gasteiger partial charge on any atom is 0.333 e. The third-order valence-corrected chi connectivity index (χ3v) is 5.79. The van der Waals surface area contributed by atoms with Crippen molar-refractivity contribution in [1.29, 1.82) is 0 Å². The van der Waals surface area contributed by atoms with Crippen molar-refractivity contribution in [2.24, 2.45) is 0 Å². The number of hydrogen-bond donors (Lipinski definition) is 0. The van der Waals surface area contributed by atoms with Gasteiger partial charge in [0.25, 0.3) is 0 Å². The molecule has 2 atom stereocenters. The Morgan fingerprint density at radius 1 is 0.667 bits per heavy atom. The zero-order valence-corrected chi connectivity index (χ0v) is 23.8. The van der Waals surface area contributed by atoms with E-state index in [1.54, 1.807) is 27.7 Å². The van der Waals surface area contributed by atoms with E-state index in [9.17, 15) is 9.59 Å². The molecule has 8 nitrogen and oxygen atoms in total. The quantitative estimate of drug-likeness (QED) is 0.115. The summed E-state index contributed by atoms with van der Waals surface area (Å²) in [6.45, 7) is 18.8. The molecule has 2 unspecified atom stereocenters. The predicted molar refractivity (Wildman–Crippen MR) is 149 cm³/mol. The molecule has 0 radical (unpaired) electrons. The number of hydrogen-bond acceptors (Lipinski definition) is 8. The standard InChI is InChI=1S/C31H40O8/c1-21(2)29(32)36-19-17-34-23(5)38-27-13-9-25(10-14-27)31(7,8)26-11-15-28(16-12-26)39-24(6)35-18-20-37-30(33)22(3)4/h9-16,23-24H,1,3,17-20H2,2,4-8H3. The van der Waals surface area contributed by atoms with Gasteiger partial charge in [-0.1, -0.05) is 51.3 Å². The molecular weight excluding hydrogens is 500 g/mol. The summed E-state index contributed by atoms with van der Waals surface area (Å²) in [6.07, 6.45) is -1.00. The maximum absolute atomic E-state index is 11.4. The minimum absolute atomic E-state index is 0.134. The normalized spacial score (nSPS) is 12.7. The Balaban J connectivity index is 1.84. The molecule has 8 heteroatoms. The predicted octanol–water partition coefficient (Wildman–Crippen LogP) is 5.73. The highest BCUT2D eigenvalue weighted by Gasteiger charge is 2.23. The van der Waals surface area contributed by atoms with Gasteiger partial charge in [-0.05, 0) is 63.1 Å². The molecule has 2 aromatic carbocycles. The highest BCUT2D eigenvalue weighted by Crippen LogP contribution is 2.33. The minimum atomic E-state index is -0.502. The molecule has 0 aliphatic rings. The van der Waals surface area contributed by atoms with Crippen LogP contribution in [0.2, 0.25) is 0 Å². The molecule has 2 aromatic rings. The largest absolute Gasteiger partial charge is 0.465 e. The molecule has 0 saturated carbocycles.